The molecule has 1 N–H and O–H groups in total. The van der Waals surface area contributed by atoms with Gasteiger partial charge in [-0.05, 0) is 116 Å². The van der Waals surface area contributed by atoms with Crippen LogP contribution in [-0.2, 0) is 16.2 Å². The van der Waals surface area contributed by atoms with Gasteiger partial charge in [-0.15, -0.1) is 0 Å². The monoisotopic (exact) mass is 781 g/mol. The number of hydrogen-bond acceptors (Lipinski definition) is 3. The van der Waals surface area contributed by atoms with Crippen LogP contribution in [0.4, 0.5) is 0 Å². The maximum absolute atomic E-state index is 12.4. The highest BCUT2D eigenvalue weighted by Crippen LogP contribution is 2.45. The molecule has 0 saturated heterocycles. The normalized spacial score (nSPS) is 14.5. The van der Waals surface area contributed by atoms with Crippen LogP contribution >= 0.6 is 0 Å². The number of phenols is 1. The van der Waals surface area contributed by atoms with Crippen molar-refractivity contribution in [3.63, 3.8) is 0 Å². The third-order valence-corrected chi connectivity index (χ3v) is 11.0. The largest absolute Gasteiger partial charge is 0.507 e. The zero-order chi connectivity index (χ0) is 48.7. The van der Waals surface area contributed by atoms with Gasteiger partial charge in [0.15, 0.2) is 0 Å². The van der Waals surface area contributed by atoms with Crippen LogP contribution in [0.15, 0.2) is 146 Å². The van der Waals surface area contributed by atoms with Crippen molar-refractivity contribution in [1.82, 2.24) is 14.5 Å². The van der Waals surface area contributed by atoms with Gasteiger partial charge in [-0.2, -0.15) is 0 Å². The van der Waals surface area contributed by atoms with E-state index in [0.29, 0.717) is 39.4 Å². The topological polar surface area (TPSA) is 50.9 Å². The number of aromatic nitrogens is 3. The molecule has 2 heterocycles. The lowest BCUT2D eigenvalue weighted by Gasteiger charge is -2.27. The van der Waals surface area contributed by atoms with E-state index >= 15 is 0 Å². The summed E-state index contributed by atoms with van der Waals surface area (Å²) in [5.74, 6) is 0.451. The van der Waals surface area contributed by atoms with Crippen molar-refractivity contribution in [2.24, 2.45) is 0 Å². The first-order chi connectivity index (χ1) is 31.3. The van der Waals surface area contributed by atoms with Crippen LogP contribution in [0.2, 0.25) is 0 Å². The van der Waals surface area contributed by atoms with Crippen molar-refractivity contribution in [2.75, 3.05) is 0 Å². The average molecular weight is 782 g/mol. The molecule has 0 fully saturated rings. The van der Waals surface area contributed by atoms with E-state index < -0.39 is 30.4 Å². The van der Waals surface area contributed by atoms with Crippen molar-refractivity contribution >= 4 is 11.0 Å². The lowest BCUT2D eigenvalue weighted by molar-refractivity contribution is 0.446. The highest BCUT2D eigenvalue weighted by molar-refractivity contribution is 5.97. The number of para-hydroxylation sites is 1. The summed E-state index contributed by atoms with van der Waals surface area (Å²) in [5, 5.41) is 12.4. The van der Waals surface area contributed by atoms with Gasteiger partial charge < -0.3 is 5.11 Å². The van der Waals surface area contributed by atoms with Crippen LogP contribution in [-0.4, -0.2) is 19.6 Å². The summed E-state index contributed by atoms with van der Waals surface area (Å²) in [6.45, 7) is 16.4. The first-order valence-electron chi connectivity index (χ1n) is 24.1. The first-order valence-corrected chi connectivity index (χ1v) is 20.1. The Morgan fingerprint density at radius 3 is 1.97 bits per heavy atom. The Bertz CT molecular complexity index is 3210. The van der Waals surface area contributed by atoms with Crippen LogP contribution in [0.25, 0.3) is 72.7 Å². The molecule has 8 rings (SSSR count). The Morgan fingerprint density at radius 1 is 0.576 bits per heavy atom. The van der Waals surface area contributed by atoms with Crippen molar-refractivity contribution in [3.8, 4) is 67.5 Å². The summed E-state index contributed by atoms with van der Waals surface area (Å²) in [5.41, 5.74) is 8.81. The van der Waals surface area contributed by atoms with Gasteiger partial charge in [0.2, 0.25) is 0 Å². The Balaban J connectivity index is 1.44. The molecular formula is C55H55N3O. The van der Waals surface area contributed by atoms with Gasteiger partial charge in [0, 0.05) is 27.0 Å². The van der Waals surface area contributed by atoms with Gasteiger partial charge in [-0.3, -0.25) is 9.55 Å². The summed E-state index contributed by atoms with van der Waals surface area (Å²) in [4.78, 5) is 10.2. The summed E-state index contributed by atoms with van der Waals surface area (Å²) < 4.78 is 70.8. The molecule has 4 heteroatoms. The number of rotatable bonds is 6. The maximum Gasteiger partial charge on any atom is 0.149 e. The number of fused-ring (bicyclic) bond motifs is 1. The summed E-state index contributed by atoms with van der Waals surface area (Å²) in [7, 11) is 0. The predicted octanol–water partition coefficient (Wildman–Crippen LogP) is 14.7. The number of hydrogen-bond donors (Lipinski definition) is 1. The number of aromatic hydroxyl groups is 1. The quantitative estimate of drug-likeness (QED) is 0.183. The molecule has 0 saturated carbocycles. The molecule has 6 aromatic carbocycles. The summed E-state index contributed by atoms with van der Waals surface area (Å²) in [6, 6.07) is 32.8. The van der Waals surface area contributed by atoms with Gasteiger partial charge >= 0.3 is 0 Å². The molecule has 0 aliphatic heterocycles. The van der Waals surface area contributed by atoms with E-state index in [-0.39, 0.29) is 39.8 Å². The lowest BCUT2D eigenvalue weighted by Crippen LogP contribution is -2.17. The molecule has 0 atom stereocenters. The number of nitrogens with zero attached hydrogens (tertiary/aromatic N) is 3. The Hall–Kier alpha value is -6.26. The smallest absolute Gasteiger partial charge is 0.149 e. The molecule has 0 aliphatic rings. The molecule has 0 spiro atoms. The van der Waals surface area contributed by atoms with Crippen LogP contribution in [0.3, 0.4) is 0 Å². The van der Waals surface area contributed by atoms with Crippen LogP contribution in [0.1, 0.15) is 95.5 Å². The van der Waals surface area contributed by atoms with E-state index in [4.69, 9.17) is 20.9 Å². The molecule has 0 amide bonds. The molecular weight excluding hydrogens is 719 g/mol. The molecule has 0 unspecified atom stereocenters. The maximum atomic E-state index is 12.4. The second-order valence-corrected chi connectivity index (χ2v) is 18.4. The number of imidazole rings is 1. The Morgan fingerprint density at radius 2 is 1.27 bits per heavy atom. The Labute approximate surface area is 361 Å². The Kier molecular flexibility index (Phi) is 7.74. The van der Waals surface area contributed by atoms with Crippen molar-refractivity contribution < 1.29 is 16.1 Å². The lowest BCUT2D eigenvalue weighted by atomic mass is 9.79. The zero-order valence-corrected chi connectivity index (χ0v) is 35.3. The van der Waals surface area contributed by atoms with Gasteiger partial charge in [0.1, 0.15) is 11.6 Å². The third kappa shape index (κ3) is 7.72. The molecule has 2 aromatic heterocycles. The van der Waals surface area contributed by atoms with Crippen molar-refractivity contribution in [3.05, 3.63) is 168 Å². The third-order valence-electron chi connectivity index (χ3n) is 11.0. The second-order valence-electron chi connectivity index (χ2n) is 18.4. The molecule has 0 bridgehead atoms. The van der Waals surface area contributed by atoms with Gasteiger partial charge in [-0.1, -0.05) is 153 Å². The van der Waals surface area contributed by atoms with E-state index in [9.17, 15) is 5.11 Å². The average Bonchev–Trinajstić information content (AvgIpc) is 3.66. The molecule has 296 valence electrons. The minimum atomic E-state index is -2.54. The minimum absolute atomic E-state index is 0.0667. The van der Waals surface area contributed by atoms with E-state index in [1.165, 1.54) is 0 Å². The number of phenolic OH excluding ortho intramolecular Hbond substituents is 1. The van der Waals surface area contributed by atoms with Gasteiger partial charge in [-0.25, -0.2) is 4.98 Å². The predicted molar refractivity (Wildman–Crippen MR) is 249 cm³/mol. The summed E-state index contributed by atoms with van der Waals surface area (Å²) >= 11 is 0. The number of pyridine rings is 1. The van der Waals surface area contributed by atoms with E-state index in [1.807, 2.05) is 77.4 Å². The standard InChI is InChI=1S/C55H55N3O/c1-35-28-38(36-18-13-11-14-19-36)24-25-48(35)58-49-23-17-22-44(50(49)57-52(58)45-33-43(54(5,6)7)34-46(51(45)59)55(8,9)10)40-29-41(31-42(30-40)53(2,3)4)47-32-39(26-27-56-47)37-20-15-12-16-21-37/h11-34,59H,1-10H3/i1D3,12D,15D,16D,20D,21D. The molecule has 4 nitrogen and oxygen atoms in total. The fourth-order valence-electron chi connectivity index (χ4n) is 7.61. The van der Waals surface area contributed by atoms with Crippen LogP contribution in [0.5, 0.6) is 5.75 Å². The van der Waals surface area contributed by atoms with Crippen LogP contribution in [0, 0.1) is 6.85 Å². The van der Waals surface area contributed by atoms with Crippen molar-refractivity contribution in [1.29, 1.82) is 0 Å². The van der Waals surface area contributed by atoms with Gasteiger partial charge in [0.25, 0.3) is 0 Å². The summed E-state index contributed by atoms with van der Waals surface area (Å²) in [6.07, 6.45) is 1.58. The molecule has 59 heavy (non-hydrogen) atoms. The molecule has 0 aliphatic carbocycles. The second kappa shape index (κ2) is 14.8. The van der Waals surface area contributed by atoms with Crippen molar-refractivity contribution in [2.45, 2.75) is 85.4 Å². The zero-order valence-electron chi connectivity index (χ0n) is 43.3. The fourth-order valence-corrected chi connectivity index (χ4v) is 7.61. The van der Waals surface area contributed by atoms with E-state index in [1.54, 1.807) is 24.4 Å². The van der Waals surface area contributed by atoms with Crippen LogP contribution < -0.4 is 0 Å². The molecule has 0 radical (unpaired) electrons. The van der Waals surface area contributed by atoms with E-state index in [0.717, 1.165) is 44.5 Å². The fraction of sp³-hybridized carbons (Fsp3) is 0.236. The highest BCUT2D eigenvalue weighted by Gasteiger charge is 2.29. The SMILES string of the molecule is [2H]c1c([2H])c([2H])c(-c2ccnc(-c3cc(-c4cccc5c4nc(-c4cc(C(C)(C)C)cc(C(C)(C)C)c4O)n5-c4ccc(-c5ccccc5)cc4C([2H])([2H])[2H])cc(C(C)(C)C)c3)c2)c([2H])c1[2H]. The minimum Gasteiger partial charge on any atom is -0.507 e. The van der Waals surface area contributed by atoms with Gasteiger partial charge in [0.05, 0.1) is 34.8 Å². The van der Waals surface area contributed by atoms with E-state index in [2.05, 4.69) is 80.5 Å². The number of benzene rings is 6. The first kappa shape index (κ1) is 30.8. The molecule has 8 aromatic rings. The highest BCUT2D eigenvalue weighted by atomic mass is 16.3. The number of aryl methyl sites for hydroxylation is 1.